The van der Waals surface area contributed by atoms with E-state index in [1.165, 1.54) is 4.90 Å². The molecule has 0 aromatic heterocycles. The minimum atomic E-state index is -3.30. The number of hydrogen-bond donors (Lipinski definition) is 2. The minimum absolute atomic E-state index is 0.106. The van der Waals surface area contributed by atoms with Gasteiger partial charge in [0.2, 0.25) is 0 Å². The summed E-state index contributed by atoms with van der Waals surface area (Å²) in [4.78, 5) is 25.2. The number of carboxylic acids is 1. The molecule has 1 aromatic rings. The van der Waals surface area contributed by atoms with Crippen molar-refractivity contribution in [2.24, 2.45) is 5.41 Å². The maximum Gasteiger partial charge on any atom is 0.317 e. The van der Waals surface area contributed by atoms with Gasteiger partial charge < -0.3 is 15.3 Å². The van der Waals surface area contributed by atoms with Gasteiger partial charge in [0.05, 0.1) is 17.2 Å². The third-order valence-corrected chi connectivity index (χ3v) is 5.18. The van der Waals surface area contributed by atoms with Crippen molar-refractivity contribution < 1.29 is 23.1 Å². The third-order valence-electron chi connectivity index (χ3n) is 4.25. The van der Waals surface area contributed by atoms with Gasteiger partial charge in [0.25, 0.3) is 0 Å². The number of likely N-dealkylation sites (tertiary alicyclic amines) is 1. The molecule has 0 radical (unpaired) electrons. The zero-order valence-electron chi connectivity index (χ0n) is 13.7. The van der Waals surface area contributed by atoms with Crippen molar-refractivity contribution in [3.63, 3.8) is 0 Å². The lowest BCUT2D eigenvalue weighted by Gasteiger charge is -2.24. The first-order valence-corrected chi connectivity index (χ1v) is 9.68. The standard InChI is InChI=1S/C16H22N2O5S/c1-16(14(19)20)8-9-18(11-16)15(21)17-13(10-24(2,22)23)12-6-4-3-5-7-12/h3-7,13H,8-11H2,1-2H3,(H,17,21)(H,19,20). The Balaban J connectivity index is 2.12. The van der Waals surface area contributed by atoms with Gasteiger partial charge in [-0.25, -0.2) is 13.2 Å². The summed E-state index contributed by atoms with van der Waals surface area (Å²) in [6.07, 6.45) is 1.49. The second kappa shape index (κ2) is 6.80. The van der Waals surface area contributed by atoms with E-state index in [4.69, 9.17) is 0 Å². The van der Waals surface area contributed by atoms with Gasteiger partial charge in [-0.1, -0.05) is 30.3 Å². The Hall–Kier alpha value is -2.09. The van der Waals surface area contributed by atoms with Crippen molar-refractivity contribution >= 4 is 21.8 Å². The van der Waals surface area contributed by atoms with E-state index in [0.717, 1.165) is 6.26 Å². The molecule has 1 aliphatic rings. The lowest BCUT2D eigenvalue weighted by molar-refractivity contribution is -0.147. The highest BCUT2D eigenvalue weighted by atomic mass is 32.2. The summed E-state index contributed by atoms with van der Waals surface area (Å²) in [5, 5.41) is 12.0. The molecule has 2 rings (SSSR count). The van der Waals surface area contributed by atoms with Crippen LogP contribution in [0.2, 0.25) is 0 Å². The highest BCUT2D eigenvalue weighted by Gasteiger charge is 2.42. The van der Waals surface area contributed by atoms with Crippen LogP contribution in [0.25, 0.3) is 0 Å². The Labute approximate surface area is 141 Å². The summed E-state index contributed by atoms with van der Waals surface area (Å²) in [6, 6.07) is 7.73. The summed E-state index contributed by atoms with van der Waals surface area (Å²) in [5.74, 6) is -1.15. The van der Waals surface area contributed by atoms with Crippen LogP contribution in [0.1, 0.15) is 24.9 Å². The van der Waals surface area contributed by atoms with Gasteiger partial charge in [0, 0.05) is 19.3 Å². The van der Waals surface area contributed by atoms with Gasteiger partial charge in [-0.15, -0.1) is 0 Å². The zero-order chi connectivity index (χ0) is 18.0. The number of sulfone groups is 1. The minimum Gasteiger partial charge on any atom is -0.481 e. The van der Waals surface area contributed by atoms with Crippen LogP contribution in [0.4, 0.5) is 4.79 Å². The zero-order valence-corrected chi connectivity index (χ0v) is 14.5. The van der Waals surface area contributed by atoms with E-state index in [0.29, 0.717) is 18.5 Å². The molecule has 2 amide bonds. The molecule has 1 aromatic carbocycles. The first kappa shape index (κ1) is 18.3. The molecular formula is C16H22N2O5S. The van der Waals surface area contributed by atoms with Crippen LogP contribution in [0.3, 0.4) is 0 Å². The Bertz CT molecular complexity index is 719. The number of amides is 2. The average molecular weight is 354 g/mol. The molecule has 1 aliphatic heterocycles. The molecule has 1 heterocycles. The van der Waals surface area contributed by atoms with E-state index in [9.17, 15) is 23.1 Å². The third kappa shape index (κ3) is 4.47. The van der Waals surface area contributed by atoms with E-state index in [-0.39, 0.29) is 12.3 Å². The summed E-state index contributed by atoms with van der Waals surface area (Å²) in [5.41, 5.74) is -0.271. The maximum absolute atomic E-state index is 12.5. The summed E-state index contributed by atoms with van der Waals surface area (Å²) >= 11 is 0. The van der Waals surface area contributed by atoms with Gasteiger partial charge in [0.15, 0.2) is 0 Å². The first-order chi connectivity index (χ1) is 11.1. The van der Waals surface area contributed by atoms with Crippen LogP contribution in [-0.2, 0) is 14.6 Å². The Morgan fingerprint density at radius 2 is 1.96 bits per heavy atom. The van der Waals surface area contributed by atoms with Crippen molar-refractivity contribution in [3.8, 4) is 0 Å². The van der Waals surface area contributed by atoms with Gasteiger partial charge in [0.1, 0.15) is 9.84 Å². The van der Waals surface area contributed by atoms with Crippen LogP contribution in [0.15, 0.2) is 30.3 Å². The van der Waals surface area contributed by atoms with E-state index >= 15 is 0 Å². The number of carbonyl (C=O) groups is 2. The number of urea groups is 1. The average Bonchev–Trinajstić information content (AvgIpc) is 2.90. The lowest BCUT2D eigenvalue weighted by atomic mass is 9.90. The fraction of sp³-hybridized carbons (Fsp3) is 0.500. The van der Waals surface area contributed by atoms with E-state index in [1.54, 1.807) is 31.2 Å². The molecule has 0 spiro atoms. The summed E-state index contributed by atoms with van der Waals surface area (Å²) in [6.45, 7) is 2.04. The van der Waals surface area contributed by atoms with Crippen LogP contribution in [0, 0.1) is 5.41 Å². The molecule has 0 bridgehead atoms. The van der Waals surface area contributed by atoms with E-state index in [1.807, 2.05) is 6.07 Å². The van der Waals surface area contributed by atoms with Crippen molar-refractivity contribution in [3.05, 3.63) is 35.9 Å². The number of benzene rings is 1. The van der Waals surface area contributed by atoms with Crippen molar-refractivity contribution in [1.82, 2.24) is 10.2 Å². The van der Waals surface area contributed by atoms with Gasteiger partial charge >= 0.3 is 12.0 Å². The second-order valence-corrected chi connectivity index (χ2v) is 8.73. The summed E-state index contributed by atoms with van der Waals surface area (Å²) in [7, 11) is -3.30. The second-order valence-electron chi connectivity index (χ2n) is 6.54. The molecule has 7 nitrogen and oxygen atoms in total. The molecule has 8 heteroatoms. The molecule has 0 aliphatic carbocycles. The fourth-order valence-corrected chi connectivity index (χ4v) is 3.64. The normalized spacial score (nSPS) is 22.2. The number of aliphatic carboxylic acids is 1. The molecule has 2 N–H and O–H groups in total. The number of carboxylic acid groups (broad SMARTS) is 1. The largest absolute Gasteiger partial charge is 0.481 e. The van der Waals surface area contributed by atoms with Crippen LogP contribution < -0.4 is 5.32 Å². The van der Waals surface area contributed by atoms with Crippen molar-refractivity contribution in [2.75, 3.05) is 25.1 Å². The smallest absolute Gasteiger partial charge is 0.317 e. The monoisotopic (exact) mass is 354 g/mol. The first-order valence-electron chi connectivity index (χ1n) is 7.62. The van der Waals surface area contributed by atoms with Crippen molar-refractivity contribution in [2.45, 2.75) is 19.4 Å². The Morgan fingerprint density at radius 3 is 2.46 bits per heavy atom. The predicted molar refractivity (Wildman–Crippen MR) is 89.4 cm³/mol. The van der Waals surface area contributed by atoms with Crippen LogP contribution in [0.5, 0.6) is 0 Å². The van der Waals surface area contributed by atoms with E-state index < -0.39 is 33.3 Å². The lowest BCUT2D eigenvalue weighted by Crippen LogP contribution is -2.43. The molecule has 2 atom stereocenters. The predicted octanol–water partition coefficient (Wildman–Crippen LogP) is 1.28. The van der Waals surface area contributed by atoms with Crippen LogP contribution >= 0.6 is 0 Å². The molecule has 1 fully saturated rings. The van der Waals surface area contributed by atoms with Gasteiger partial charge in [-0.3, -0.25) is 4.79 Å². The number of carbonyl (C=O) groups excluding carboxylic acids is 1. The quantitative estimate of drug-likeness (QED) is 0.829. The number of rotatable bonds is 5. The van der Waals surface area contributed by atoms with Gasteiger partial charge in [-0.05, 0) is 18.9 Å². The highest BCUT2D eigenvalue weighted by Crippen LogP contribution is 2.30. The maximum atomic E-state index is 12.5. The highest BCUT2D eigenvalue weighted by molar-refractivity contribution is 7.90. The Kier molecular flexibility index (Phi) is 5.17. The molecule has 2 unspecified atom stereocenters. The topological polar surface area (TPSA) is 104 Å². The van der Waals surface area contributed by atoms with Gasteiger partial charge in [-0.2, -0.15) is 0 Å². The SMILES string of the molecule is CC1(C(=O)O)CCN(C(=O)NC(CS(C)(=O)=O)c2ccccc2)C1. The molecule has 0 saturated carbocycles. The molecule has 24 heavy (non-hydrogen) atoms. The molecule has 132 valence electrons. The fourth-order valence-electron chi connectivity index (χ4n) is 2.76. The van der Waals surface area contributed by atoms with E-state index in [2.05, 4.69) is 5.32 Å². The summed E-state index contributed by atoms with van der Waals surface area (Å²) < 4.78 is 23.3. The number of nitrogens with one attached hydrogen (secondary N) is 1. The number of nitrogens with zero attached hydrogens (tertiary/aromatic N) is 1. The van der Waals surface area contributed by atoms with Crippen LogP contribution in [-0.4, -0.2) is 55.5 Å². The molecule has 1 saturated heterocycles. The number of hydrogen-bond acceptors (Lipinski definition) is 4. The molecular weight excluding hydrogens is 332 g/mol. The Morgan fingerprint density at radius 1 is 1.33 bits per heavy atom. The van der Waals surface area contributed by atoms with Crippen molar-refractivity contribution in [1.29, 1.82) is 0 Å².